The van der Waals surface area contributed by atoms with E-state index in [0.29, 0.717) is 12.2 Å². The van der Waals surface area contributed by atoms with Crippen LogP contribution < -0.4 is 0 Å². The number of amides is 1. The van der Waals surface area contributed by atoms with Crippen LogP contribution in [0.4, 0.5) is 0 Å². The summed E-state index contributed by atoms with van der Waals surface area (Å²) in [5, 5.41) is 0.752. The molecule has 1 heterocycles. The first-order chi connectivity index (χ1) is 9.11. The molecule has 4 nitrogen and oxygen atoms in total. The van der Waals surface area contributed by atoms with Crippen LogP contribution in [0.1, 0.15) is 5.56 Å². The molecule has 1 aliphatic rings. The number of hydrogen-bond donors (Lipinski definition) is 0. The quantitative estimate of drug-likeness (QED) is 0.793. The topological polar surface area (TPSA) is 35.9 Å². The lowest BCUT2D eigenvalue weighted by Gasteiger charge is -2.16. The van der Waals surface area contributed by atoms with Gasteiger partial charge in [0.1, 0.15) is 5.70 Å². The zero-order chi connectivity index (χ0) is 13.8. The van der Waals surface area contributed by atoms with Crippen LogP contribution in [0.5, 0.6) is 0 Å². The fourth-order valence-electron chi connectivity index (χ4n) is 1.83. The summed E-state index contributed by atoms with van der Waals surface area (Å²) in [6.45, 7) is 0.560. The monoisotopic (exact) mass is 275 g/mol. The van der Waals surface area contributed by atoms with Crippen LogP contribution in [0.2, 0.25) is 0 Å². The van der Waals surface area contributed by atoms with E-state index in [2.05, 4.69) is 4.99 Å². The molecular formula is C14H17N3OS. The van der Waals surface area contributed by atoms with Crippen molar-refractivity contribution in [2.45, 2.75) is 6.54 Å². The molecule has 2 rings (SSSR count). The summed E-state index contributed by atoms with van der Waals surface area (Å²) in [4.78, 5) is 20.3. The van der Waals surface area contributed by atoms with E-state index in [1.807, 2.05) is 55.6 Å². The molecule has 0 bridgehead atoms. The van der Waals surface area contributed by atoms with Gasteiger partial charge in [-0.1, -0.05) is 42.1 Å². The first-order valence-corrected chi connectivity index (χ1v) is 7.21. The predicted molar refractivity (Wildman–Crippen MR) is 79.7 cm³/mol. The van der Waals surface area contributed by atoms with Crippen LogP contribution in [0, 0.1) is 0 Å². The Morgan fingerprint density at radius 3 is 2.58 bits per heavy atom. The Balaban J connectivity index is 2.22. The first kappa shape index (κ1) is 13.7. The molecule has 0 aromatic heterocycles. The fourth-order valence-corrected chi connectivity index (χ4v) is 2.38. The van der Waals surface area contributed by atoms with Crippen molar-refractivity contribution in [2.75, 3.05) is 20.4 Å². The Hall–Kier alpha value is -1.75. The molecule has 0 spiro atoms. The van der Waals surface area contributed by atoms with Gasteiger partial charge in [0.25, 0.3) is 5.91 Å². The first-order valence-electron chi connectivity index (χ1n) is 5.98. The van der Waals surface area contributed by atoms with Crippen LogP contribution in [0.3, 0.4) is 0 Å². The zero-order valence-electron chi connectivity index (χ0n) is 11.3. The number of aliphatic imine (C=N–C) groups is 1. The lowest BCUT2D eigenvalue weighted by molar-refractivity contribution is -0.123. The molecule has 100 valence electrons. The van der Waals surface area contributed by atoms with Gasteiger partial charge in [0.2, 0.25) is 0 Å². The average Bonchev–Trinajstić information content (AvgIpc) is 2.68. The van der Waals surface area contributed by atoms with Crippen LogP contribution in [-0.2, 0) is 11.3 Å². The zero-order valence-corrected chi connectivity index (χ0v) is 12.1. The summed E-state index contributed by atoms with van der Waals surface area (Å²) < 4.78 is 0. The summed E-state index contributed by atoms with van der Waals surface area (Å²) in [6.07, 6.45) is 3.69. The highest BCUT2D eigenvalue weighted by Gasteiger charge is 2.29. The molecule has 1 aromatic rings. The van der Waals surface area contributed by atoms with E-state index in [1.165, 1.54) is 11.8 Å². The van der Waals surface area contributed by atoms with E-state index in [1.54, 1.807) is 11.1 Å². The normalized spacial score (nSPS) is 17.0. The second-order valence-electron chi connectivity index (χ2n) is 4.45. The van der Waals surface area contributed by atoms with Crippen molar-refractivity contribution >= 4 is 22.8 Å². The van der Waals surface area contributed by atoms with Gasteiger partial charge in [-0.2, -0.15) is 0 Å². The van der Waals surface area contributed by atoms with Crippen molar-refractivity contribution < 1.29 is 4.79 Å². The van der Waals surface area contributed by atoms with Crippen molar-refractivity contribution in [1.29, 1.82) is 0 Å². The van der Waals surface area contributed by atoms with Gasteiger partial charge in [-0.25, -0.2) is 4.99 Å². The third kappa shape index (κ3) is 3.17. The standard InChI is InChI=1S/C14H17N3OS/c1-16(2)10-12-13(18)17(14(15-12)19-3)9-11-7-5-4-6-8-11/h4-8,10H,9H2,1-3H3. The molecule has 0 radical (unpaired) electrons. The second kappa shape index (κ2) is 5.93. The number of hydrogen-bond acceptors (Lipinski definition) is 4. The maximum atomic E-state index is 12.3. The maximum Gasteiger partial charge on any atom is 0.280 e. The van der Waals surface area contributed by atoms with E-state index >= 15 is 0 Å². The molecule has 1 aliphatic heterocycles. The summed E-state index contributed by atoms with van der Waals surface area (Å²) >= 11 is 1.49. The molecule has 0 unspecified atom stereocenters. The number of carbonyl (C=O) groups is 1. The number of thioether (sulfide) groups is 1. The summed E-state index contributed by atoms with van der Waals surface area (Å²) in [5.74, 6) is -0.0399. The van der Waals surface area contributed by atoms with Crippen LogP contribution in [-0.4, -0.2) is 41.2 Å². The summed E-state index contributed by atoms with van der Waals surface area (Å²) in [5.41, 5.74) is 1.59. The number of carbonyl (C=O) groups excluding carboxylic acids is 1. The minimum Gasteiger partial charge on any atom is -0.382 e. The average molecular weight is 275 g/mol. The predicted octanol–water partition coefficient (Wildman–Crippen LogP) is 2.15. The van der Waals surface area contributed by atoms with Gasteiger partial charge in [-0.15, -0.1) is 0 Å². The third-order valence-corrected chi connectivity index (χ3v) is 3.33. The van der Waals surface area contributed by atoms with Crippen molar-refractivity contribution in [2.24, 2.45) is 4.99 Å². The Morgan fingerprint density at radius 2 is 2.00 bits per heavy atom. The van der Waals surface area contributed by atoms with Crippen LogP contribution in [0.25, 0.3) is 0 Å². The molecule has 0 atom stereocenters. The van der Waals surface area contributed by atoms with E-state index in [9.17, 15) is 4.79 Å². The van der Waals surface area contributed by atoms with E-state index in [0.717, 1.165) is 10.7 Å². The highest BCUT2D eigenvalue weighted by Crippen LogP contribution is 2.22. The molecule has 19 heavy (non-hydrogen) atoms. The van der Waals surface area contributed by atoms with E-state index in [-0.39, 0.29) is 5.91 Å². The molecular weight excluding hydrogens is 258 g/mol. The second-order valence-corrected chi connectivity index (χ2v) is 5.23. The minimum atomic E-state index is -0.0399. The molecule has 0 saturated heterocycles. The summed E-state index contributed by atoms with van der Waals surface area (Å²) in [7, 11) is 3.77. The van der Waals surface area contributed by atoms with Crippen molar-refractivity contribution in [3.05, 3.63) is 47.8 Å². The number of nitrogens with zero attached hydrogens (tertiary/aromatic N) is 3. The SMILES string of the molecule is CSC1=NC(=CN(C)C)C(=O)N1Cc1ccccc1. The fraction of sp³-hybridized carbons (Fsp3) is 0.286. The highest BCUT2D eigenvalue weighted by atomic mass is 32.2. The molecule has 5 heteroatoms. The molecule has 0 fully saturated rings. The lowest BCUT2D eigenvalue weighted by Crippen LogP contribution is -2.30. The van der Waals surface area contributed by atoms with Crippen LogP contribution >= 0.6 is 11.8 Å². The smallest absolute Gasteiger partial charge is 0.280 e. The van der Waals surface area contributed by atoms with Crippen molar-refractivity contribution in [1.82, 2.24) is 9.80 Å². The van der Waals surface area contributed by atoms with Crippen LogP contribution in [0.15, 0.2) is 47.2 Å². The van der Waals surface area contributed by atoms with Gasteiger partial charge in [0, 0.05) is 20.3 Å². The largest absolute Gasteiger partial charge is 0.382 e. The van der Waals surface area contributed by atoms with E-state index < -0.39 is 0 Å². The van der Waals surface area contributed by atoms with Gasteiger partial charge in [-0.05, 0) is 11.8 Å². The molecule has 1 amide bonds. The maximum absolute atomic E-state index is 12.3. The number of benzene rings is 1. The Kier molecular flexibility index (Phi) is 4.27. The van der Waals surface area contributed by atoms with Gasteiger partial charge in [0.15, 0.2) is 5.17 Å². The van der Waals surface area contributed by atoms with Gasteiger partial charge in [0.05, 0.1) is 6.54 Å². The molecule has 0 saturated carbocycles. The Bertz CT molecular complexity index is 523. The molecule has 0 aliphatic carbocycles. The summed E-state index contributed by atoms with van der Waals surface area (Å²) in [6, 6.07) is 9.94. The highest BCUT2D eigenvalue weighted by molar-refractivity contribution is 8.13. The molecule has 0 N–H and O–H groups in total. The lowest BCUT2D eigenvalue weighted by atomic mass is 10.2. The van der Waals surface area contributed by atoms with Crippen molar-refractivity contribution in [3.8, 4) is 0 Å². The molecule has 1 aromatic carbocycles. The van der Waals surface area contributed by atoms with E-state index in [4.69, 9.17) is 0 Å². The minimum absolute atomic E-state index is 0.0399. The number of rotatable bonds is 3. The Labute approximate surface area is 117 Å². The van der Waals surface area contributed by atoms with Gasteiger partial charge >= 0.3 is 0 Å². The van der Waals surface area contributed by atoms with Crippen molar-refractivity contribution in [3.63, 3.8) is 0 Å². The number of amidine groups is 1. The van der Waals surface area contributed by atoms with Gasteiger partial charge < -0.3 is 4.90 Å². The third-order valence-electron chi connectivity index (χ3n) is 2.66. The Morgan fingerprint density at radius 1 is 1.32 bits per heavy atom. The van der Waals surface area contributed by atoms with Gasteiger partial charge in [-0.3, -0.25) is 9.69 Å².